The first-order valence-corrected chi connectivity index (χ1v) is 14.9. The number of aromatic nitrogens is 3. The lowest BCUT2D eigenvalue weighted by atomic mass is 9.88. The maximum Gasteiger partial charge on any atom is 0.178 e. The van der Waals surface area contributed by atoms with Crippen LogP contribution in [-0.2, 0) is 18.9 Å². The van der Waals surface area contributed by atoms with Gasteiger partial charge in [0.2, 0.25) is 0 Å². The lowest BCUT2D eigenvalue weighted by Gasteiger charge is -2.31. The summed E-state index contributed by atoms with van der Waals surface area (Å²) in [6.45, 7) is 9.17. The van der Waals surface area contributed by atoms with E-state index < -0.39 is 11.6 Å². The number of aryl methyl sites for hydroxylation is 1. The first-order valence-electron chi connectivity index (χ1n) is 14.9. The lowest BCUT2D eigenvalue weighted by Crippen LogP contribution is -2.29. The van der Waals surface area contributed by atoms with Crippen molar-refractivity contribution in [2.45, 2.75) is 51.4 Å². The highest BCUT2D eigenvalue weighted by molar-refractivity contribution is 5.77. The Balaban J connectivity index is 1.30. The predicted octanol–water partition coefficient (Wildman–Crippen LogP) is 7.13. The van der Waals surface area contributed by atoms with Crippen LogP contribution in [0.3, 0.4) is 0 Å². The lowest BCUT2D eigenvalue weighted by molar-refractivity contribution is 0.253. The van der Waals surface area contributed by atoms with Crippen molar-refractivity contribution in [3.63, 3.8) is 0 Å². The fourth-order valence-corrected chi connectivity index (χ4v) is 6.33. The summed E-state index contributed by atoms with van der Waals surface area (Å²) in [4.78, 5) is 12.9. The van der Waals surface area contributed by atoms with Crippen molar-refractivity contribution >= 4 is 11.4 Å². The maximum absolute atomic E-state index is 15.4. The summed E-state index contributed by atoms with van der Waals surface area (Å²) in [5, 5.41) is 0. The van der Waals surface area contributed by atoms with E-state index in [0.717, 1.165) is 49.1 Å². The topological polar surface area (TPSA) is 46.4 Å². The van der Waals surface area contributed by atoms with Gasteiger partial charge in [0.25, 0.3) is 0 Å². The third-order valence-corrected chi connectivity index (χ3v) is 8.60. The average Bonchev–Trinajstić information content (AvgIpc) is 3.36. The number of piperidine rings is 1. The molecule has 4 aromatic rings. The SMILES string of the molecule is CN1CCC(c2ccc(Cc3ncc(F)c(-c4cc(F)c5c(c4)N(c4cc(C(C)(C)C)n(C)c4)CCO5)n3)cc2F)CC1. The summed E-state index contributed by atoms with van der Waals surface area (Å²) in [6, 6.07) is 10.3. The molecule has 6 rings (SSSR count). The summed E-state index contributed by atoms with van der Waals surface area (Å²) in [5.41, 5.74) is 4.18. The number of nitrogens with zero attached hydrogens (tertiary/aromatic N) is 5. The van der Waals surface area contributed by atoms with Crippen LogP contribution in [0.2, 0.25) is 0 Å². The number of anilines is 2. The highest BCUT2D eigenvalue weighted by Crippen LogP contribution is 2.43. The second-order valence-electron chi connectivity index (χ2n) is 12.8. The zero-order chi connectivity index (χ0) is 30.5. The van der Waals surface area contributed by atoms with Gasteiger partial charge in [0.05, 0.1) is 24.1 Å². The molecule has 2 aliphatic heterocycles. The number of hydrogen-bond donors (Lipinski definition) is 0. The second-order valence-corrected chi connectivity index (χ2v) is 12.8. The van der Waals surface area contributed by atoms with Gasteiger partial charge in [0.1, 0.15) is 23.9 Å². The number of ether oxygens (including phenoxy) is 1. The number of likely N-dealkylation sites (tertiary alicyclic amines) is 1. The van der Waals surface area contributed by atoms with Crippen molar-refractivity contribution < 1.29 is 17.9 Å². The predicted molar refractivity (Wildman–Crippen MR) is 163 cm³/mol. The molecule has 9 heteroatoms. The van der Waals surface area contributed by atoms with Crippen LogP contribution in [0.5, 0.6) is 5.75 Å². The van der Waals surface area contributed by atoms with Crippen LogP contribution >= 0.6 is 0 Å². The molecule has 0 N–H and O–H groups in total. The van der Waals surface area contributed by atoms with Gasteiger partial charge in [0, 0.05) is 36.3 Å². The molecule has 0 radical (unpaired) electrons. The normalized spacial score (nSPS) is 16.3. The van der Waals surface area contributed by atoms with Crippen molar-refractivity contribution in [3.8, 4) is 17.0 Å². The molecule has 0 bridgehead atoms. The van der Waals surface area contributed by atoms with E-state index in [1.807, 2.05) is 30.3 Å². The van der Waals surface area contributed by atoms with E-state index in [-0.39, 0.29) is 40.6 Å². The molecule has 2 aliphatic rings. The monoisotopic (exact) mass is 589 g/mol. The fraction of sp³-hybridized carbons (Fsp3) is 0.412. The Morgan fingerprint density at radius 2 is 1.70 bits per heavy atom. The number of benzene rings is 2. The van der Waals surface area contributed by atoms with Gasteiger partial charge in [-0.05, 0) is 74.3 Å². The molecule has 1 fully saturated rings. The molecule has 226 valence electrons. The van der Waals surface area contributed by atoms with Crippen LogP contribution in [0, 0.1) is 17.5 Å². The molecule has 2 aromatic carbocycles. The Bertz CT molecular complexity index is 1650. The Morgan fingerprint density at radius 1 is 0.930 bits per heavy atom. The fourth-order valence-electron chi connectivity index (χ4n) is 6.33. The van der Waals surface area contributed by atoms with Crippen LogP contribution in [0.1, 0.15) is 62.2 Å². The van der Waals surface area contributed by atoms with E-state index in [4.69, 9.17) is 4.74 Å². The first kappa shape index (κ1) is 29.2. The second kappa shape index (κ2) is 11.3. The first-order chi connectivity index (χ1) is 20.5. The molecule has 1 saturated heterocycles. The molecule has 2 aromatic heterocycles. The highest BCUT2D eigenvalue weighted by Gasteiger charge is 2.28. The quantitative estimate of drug-likeness (QED) is 0.248. The Morgan fingerprint density at radius 3 is 2.40 bits per heavy atom. The molecule has 6 nitrogen and oxygen atoms in total. The minimum Gasteiger partial charge on any atom is -0.486 e. The third kappa shape index (κ3) is 5.87. The molecule has 0 saturated carbocycles. The van der Waals surface area contributed by atoms with E-state index in [2.05, 4.69) is 53.3 Å². The largest absolute Gasteiger partial charge is 0.486 e. The Hall–Kier alpha value is -3.85. The number of halogens is 3. The van der Waals surface area contributed by atoms with Crippen molar-refractivity contribution in [1.82, 2.24) is 19.4 Å². The van der Waals surface area contributed by atoms with Crippen molar-refractivity contribution in [1.29, 1.82) is 0 Å². The van der Waals surface area contributed by atoms with Crippen molar-refractivity contribution in [3.05, 3.63) is 88.9 Å². The molecule has 43 heavy (non-hydrogen) atoms. The van der Waals surface area contributed by atoms with Crippen LogP contribution in [0.25, 0.3) is 11.3 Å². The summed E-state index contributed by atoms with van der Waals surface area (Å²) >= 11 is 0. The van der Waals surface area contributed by atoms with Gasteiger partial charge in [-0.1, -0.05) is 32.9 Å². The Labute approximate surface area is 251 Å². The Kier molecular flexibility index (Phi) is 7.71. The van der Waals surface area contributed by atoms with Crippen LogP contribution in [0.4, 0.5) is 24.5 Å². The van der Waals surface area contributed by atoms with Gasteiger partial charge in [-0.2, -0.15) is 0 Å². The molecule has 0 unspecified atom stereocenters. The highest BCUT2D eigenvalue weighted by atomic mass is 19.1. The summed E-state index contributed by atoms with van der Waals surface area (Å²) in [7, 11) is 4.08. The van der Waals surface area contributed by atoms with Crippen LogP contribution in [0.15, 0.2) is 48.8 Å². The van der Waals surface area contributed by atoms with Crippen LogP contribution in [-0.4, -0.2) is 52.7 Å². The van der Waals surface area contributed by atoms with Crippen molar-refractivity contribution in [2.75, 3.05) is 38.2 Å². The molecule has 0 atom stereocenters. The van der Waals surface area contributed by atoms with Gasteiger partial charge in [-0.15, -0.1) is 0 Å². The van der Waals surface area contributed by atoms with Gasteiger partial charge < -0.3 is 19.1 Å². The van der Waals surface area contributed by atoms with E-state index in [1.54, 1.807) is 6.07 Å². The summed E-state index contributed by atoms with van der Waals surface area (Å²) < 4.78 is 53.5. The maximum atomic E-state index is 15.4. The molecular weight excluding hydrogens is 551 g/mol. The molecule has 0 aliphatic carbocycles. The van der Waals surface area contributed by atoms with E-state index >= 15 is 13.2 Å². The summed E-state index contributed by atoms with van der Waals surface area (Å²) in [5.74, 6) is -0.822. The van der Waals surface area contributed by atoms with Crippen molar-refractivity contribution in [2.24, 2.45) is 7.05 Å². The van der Waals surface area contributed by atoms with Crippen LogP contribution < -0.4 is 9.64 Å². The number of hydrogen-bond acceptors (Lipinski definition) is 5. The van der Waals surface area contributed by atoms with E-state index in [0.29, 0.717) is 30.2 Å². The zero-order valence-corrected chi connectivity index (χ0v) is 25.4. The number of rotatable bonds is 5. The van der Waals surface area contributed by atoms with Gasteiger partial charge in [0.15, 0.2) is 17.4 Å². The third-order valence-electron chi connectivity index (χ3n) is 8.60. The van der Waals surface area contributed by atoms with Gasteiger partial charge in [-0.25, -0.2) is 23.1 Å². The standard InChI is InChI=1S/C34H38F3N5O/c1-34(2,3)30-18-24(20-41(30)5)42-12-13-43-33-27(36)16-23(17-29(33)42)32-28(37)19-38-31(39-32)15-21-6-7-25(26(35)14-21)22-8-10-40(4)11-9-22/h6-7,14,16-20,22H,8-13,15H2,1-5H3. The minimum absolute atomic E-state index is 0.0101. The molecule has 0 amide bonds. The molecule has 4 heterocycles. The van der Waals surface area contributed by atoms with Gasteiger partial charge >= 0.3 is 0 Å². The summed E-state index contributed by atoms with van der Waals surface area (Å²) in [6.07, 6.45) is 5.19. The zero-order valence-electron chi connectivity index (χ0n) is 25.4. The molecule has 0 spiro atoms. The minimum atomic E-state index is -0.662. The molecular formula is C34H38F3N5O. The smallest absolute Gasteiger partial charge is 0.178 e. The van der Waals surface area contributed by atoms with E-state index in [1.165, 1.54) is 12.1 Å². The average molecular weight is 590 g/mol. The van der Waals surface area contributed by atoms with Gasteiger partial charge in [-0.3, -0.25) is 0 Å². The number of fused-ring (bicyclic) bond motifs is 1. The van der Waals surface area contributed by atoms with E-state index in [9.17, 15) is 0 Å².